The zero-order valence-corrected chi connectivity index (χ0v) is 37.6. The van der Waals surface area contributed by atoms with Crippen LogP contribution in [0.25, 0.3) is 0 Å². The molecule has 0 radical (unpaired) electrons. The second-order valence-corrected chi connectivity index (χ2v) is 15.9. The molecule has 0 saturated carbocycles. The number of hydrogen-bond acceptors (Lipinski definition) is 13. The Hall–Kier alpha value is -6.57. The summed E-state index contributed by atoms with van der Waals surface area (Å²) in [7, 11) is 2.78. The van der Waals surface area contributed by atoms with Crippen molar-refractivity contribution in [3.05, 3.63) is 65.7 Å². The summed E-state index contributed by atoms with van der Waals surface area (Å²) in [6.07, 6.45) is -2.91. The molecule has 1 heterocycles. The highest BCUT2D eigenvalue weighted by Gasteiger charge is 2.41. The lowest BCUT2D eigenvalue weighted by Crippen LogP contribution is -2.61. The van der Waals surface area contributed by atoms with Crippen molar-refractivity contribution in [2.75, 3.05) is 27.3 Å². The normalized spacial score (nSPS) is 23.9. The standard InChI is InChI=1S/C44H61N7O13/c1-10-24(4)34-40(57)50-37(29-16-18-30(62-9)19-17-29)43(60)51(8)32(20-28-14-12-11-13-15-28)39(56)48-35(25(5)52)41(58)46-31(22-63-33(54)21-45-27(7)53)44(61)64-26(6)36(42(59)47-34)49-38(55)23(2)3/h11-19,23-26,31-32,34-37,52H,10,20-22H2,1-9H3,(H,45,53)(H,46,58)(H,47,59)(H,48,56)(H,49,55)(H,50,57)/t24-,25+,26+,31-,32-,34+,35-,36-,37-/m0/s1. The smallest absolute Gasteiger partial charge is 0.332 e. The van der Waals surface area contributed by atoms with Gasteiger partial charge in [0.1, 0.15) is 55.2 Å². The molecule has 1 saturated heterocycles. The summed E-state index contributed by atoms with van der Waals surface area (Å²) in [6.45, 7) is 8.69. The van der Waals surface area contributed by atoms with Crippen LogP contribution in [0.4, 0.5) is 0 Å². The molecule has 1 aliphatic rings. The van der Waals surface area contributed by atoms with Crippen molar-refractivity contribution < 1.29 is 62.5 Å². The van der Waals surface area contributed by atoms with Gasteiger partial charge in [0, 0.05) is 26.3 Å². The highest BCUT2D eigenvalue weighted by Crippen LogP contribution is 2.23. The number of carbonyl (C=O) groups excluding carboxylic acids is 9. The Morgan fingerprint density at radius 3 is 2.02 bits per heavy atom. The molecule has 0 unspecified atom stereocenters. The molecule has 0 aliphatic carbocycles. The molecule has 7 N–H and O–H groups in total. The monoisotopic (exact) mass is 895 g/mol. The average Bonchev–Trinajstić information content (AvgIpc) is 3.26. The first-order valence-corrected chi connectivity index (χ1v) is 20.9. The Kier molecular flexibility index (Phi) is 19.7. The molecule has 0 aromatic heterocycles. The van der Waals surface area contributed by atoms with Crippen LogP contribution in [0.1, 0.15) is 72.1 Å². The molecule has 2 aromatic rings. The predicted octanol–water partition coefficient (Wildman–Crippen LogP) is -0.431. The van der Waals surface area contributed by atoms with Crippen LogP contribution < -0.4 is 36.6 Å². The summed E-state index contributed by atoms with van der Waals surface area (Å²) in [6, 6.07) is 5.33. The van der Waals surface area contributed by atoms with E-state index in [0.29, 0.717) is 17.7 Å². The number of aliphatic hydroxyl groups excluding tert-OH is 1. The van der Waals surface area contributed by atoms with Gasteiger partial charge in [-0.25, -0.2) is 4.79 Å². The Morgan fingerprint density at radius 1 is 0.844 bits per heavy atom. The number of cyclic esters (lactones) is 1. The van der Waals surface area contributed by atoms with Gasteiger partial charge in [0.15, 0.2) is 6.04 Å². The van der Waals surface area contributed by atoms with E-state index in [4.69, 9.17) is 14.2 Å². The molecule has 9 atom stereocenters. The number of rotatable bonds is 13. The number of likely N-dealkylation sites (N-methyl/N-ethyl adjacent to an activating group) is 1. The maximum atomic E-state index is 14.8. The largest absolute Gasteiger partial charge is 0.497 e. The number of ether oxygens (including phenoxy) is 3. The Morgan fingerprint density at radius 2 is 1.45 bits per heavy atom. The van der Waals surface area contributed by atoms with E-state index in [1.807, 2.05) is 0 Å². The van der Waals surface area contributed by atoms with Crippen LogP contribution in [0, 0.1) is 11.8 Å². The Bertz CT molecular complexity index is 1980. The first kappa shape index (κ1) is 51.8. The van der Waals surface area contributed by atoms with Crippen LogP contribution in [-0.2, 0) is 59.0 Å². The maximum Gasteiger partial charge on any atom is 0.332 e. The molecule has 1 aliphatic heterocycles. The summed E-state index contributed by atoms with van der Waals surface area (Å²) in [5.74, 6) is -8.89. The lowest BCUT2D eigenvalue weighted by atomic mass is 9.96. The lowest BCUT2D eigenvalue weighted by molar-refractivity contribution is -0.160. The average molecular weight is 896 g/mol. The SMILES string of the molecule is CC[C@H](C)[C@H]1NC(=O)[C@@H](NC(=O)C(C)C)[C@@H](C)OC(=O)[C@H](COC(=O)CNC(C)=O)NC(=O)[C@H]([C@@H](C)O)NC(=O)[C@H](Cc2ccccc2)N(C)C(=O)[C@H](c2ccc(OC)cc2)NC1=O. The Balaban J connectivity index is 2.27. The highest BCUT2D eigenvalue weighted by molar-refractivity contribution is 5.98. The van der Waals surface area contributed by atoms with Crippen molar-refractivity contribution in [1.82, 2.24) is 36.8 Å². The second-order valence-electron chi connectivity index (χ2n) is 15.9. The molecule has 64 heavy (non-hydrogen) atoms. The number of esters is 2. The van der Waals surface area contributed by atoms with Crippen molar-refractivity contribution in [1.29, 1.82) is 0 Å². The van der Waals surface area contributed by atoms with Gasteiger partial charge in [-0.1, -0.05) is 76.6 Å². The fourth-order valence-electron chi connectivity index (χ4n) is 6.42. The van der Waals surface area contributed by atoms with Crippen LogP contribution >= 0.6 is 0 Å². The third-order valence-electron chi connectivity index (χ3n) is 10.6. The van der Waals surface area contributed by atoms with Crippen LogP contribution in [0.15, 0.2) is 54.6 Å². The molecule has 1 fully saturated rings. The predicted molar refractivity (Wildman–Crippen MR) is 229 cm³/mol. The maximum absolute atomic E-state index is 14.8. The van der Waals surface area contributed by atoms with E-state index in [1.54, 1.807) is 82.3 Å². The molecule has 350 valence electrons. The van der Waals surface area contributed by atoms with Crippen molar-refractivity contribution in [2.45, 2.75) is 110 Å². The van der Waals surface area contributed by atoms with E-state index < -0.39 is 127 Å². The quantitative estimate of drug-likeness (QED) is 0.126. The minimum absolute atomic E-state index is 0.113. The summed E-state index contributed by atoms with van der Waals surface area (Å²) in [5.41, 5.74) is 0.873. The third-order valence-corrected chi connectivity index (χ3v) is 10.6. The number of aliphatic hydroxyl groups is 1. The number of benzene rings is 2. The summed E-state index contributed by atoms with van der Waals surface area (Å²) < 4.78 is 16.1. The number of nitrogens with one attached hydrogen (secondary N) is 6. The van der Waals surface area contributed by atoms with Gasteiger partial charge in [0.2, 0.25) is 41.4 Å². The molecular weight excluding hydrogens is 835 g/mol. The van der Waals surface area contributed by atoms with E-state index in [-0.39, 0.29) is 12.0 Å². The first-order valence-electron chi connectivity index (χ1n) is 20.9. The summed E-state index contributed by atoms with van der Waals surface area (Å²) in [4.78, 5) is 124. The molecule has 20 nitrogen and oxygen atoms in total. The van der Waals surface area contributed by atoms with Gasteiger partial charge in [0.25, 0.3) is 0 Å². The molecule has 3 rings (SSSR count). The first-order chi connectivity index (χ1) is 30.2. The summed E-state index contributed by atoms with van der Waals surface area (Å²) >= 11 is 0. The number of carbonyl (C=O) groups is 9. The molecule has 20 heteroatoms. The van der Waals surface area contributed by atoms with E-state index in [1.165, 1.54) is 28.0 Å². The van der Waals surface area contributed by atoms with E-state index in [9.17, 15) is 48.3 Å². The molecule has 0 spiro atoms. The van der Waals surface area contributed by atoms with E-state index in [2.05, 4.69) is 31.9 Å². The van der Waals surface area contributed by atoms with Crippen molar-refractivity contribution in [3.8, 4) is 5.75 Å². The van der Waals surface area contributed by atoms with Gasteiger partial charge in [-0.3, -0.25) is 38.4 Å². The number of nitrogens with zero attached hydrogens (tertiary/aromatic N) is 1. The minimum Gasteiger partial charge on any atom is -0.497 e. The van der Waals surface area contributed by atoms with Crippen molar-refractivity contribution >= 4 is 53.3 Å². The third kappa shape index (κ3) is 14.8. The second kappa shape index (κ2) is 24.3. The van der Waals surface area contributed by atoms with Gasteiger partial charge in [0.05, 0.1) is 13.2 Å². The van der Waals surface area contributed by atoms with E-state index in [0.717, 1.165) is 11.8 Å². The fraction of sp³-hybridized carbons (Fsp3) is 0.523. The number of amides is 7. The number of hydrogen-bond donors (Lipinski definition) is 7. The zero-order chi connectivity index (χ0) is 47.8. The van der Waals surface area contributed by atoms with Gasteiger partial charge in [-0.2, -0.15) is 0 Å². The van der Waals surface area contributed by atoms with Crippen LogP contribution in [0.3, 0.4) is 0 Å². The number of methoxy groups -OCH3 is 1. The molecule has 0 bridgehead atoms. The van der Waals surface area contributed by atoms with Crippen molar-refractivity contribution in [3.63, 3.8) is 0 Å². The van der Waals surface area contributed by atoms with E-state index >= 15 is 0 Å². The Labute approximate surface area is 372 Å². The van der Waals surface area contributed by atoms with Gasteiger partial charge in [-0.15, -0.1) is 0 Å². The van der Waals surface area contributed by atoms with Crippen LogP contribution in [0.5, 0.6) is 5.75 Å². The molecular formula is C44H61N7O13. The summed E-state index contributed by atoms with van der Waals surface area (Å²) in [5, 5.41) is 25.9. The van der Waals surface area contributed by atoms with Crippen LogP contribution in [-0.4, -0.2) is 133 Å². The lowest BCUT2D eigenvalue weighted by Gasteiger charge is -2.34. The topological polar surface area (TPSA) is 277 Å². The van der Waals surface area contributed by atoms with Gasteiger partial charge < -0.3 is 56.1 Å². The van der Waals surface area contributed by atoms with Crippen molar-refractivity contribution in [2.24, 2.45) is 11.8 Å². The fourth-order valence-corrected chi connectivity index (χ4v) is 6.42. The van der Waals surface area contributed by atoms with Crippen LogP contribution in [0.2, 0.25) is 0 Å². The molecule has 2 aromatic carbocycles. The van der Waals surface area contributed by atoms with Gasteiger partial charge in [-0.05, 0) is 43.0 Å². The minimum atomic E-state index is -1.85. The van der Waals surface area contributed by atoms with Gasteiger partial charge >= 0.3 is 11.9 Å². The highest BCUT2D eigenvalue weighted by atomic mass is 16.6. The zero-order valence-electron chi connectivity index (χ0n) is 37.6. The molecule has 7 amide bonds.